The molecule has 648 valence electrons. The summed E-state index contributed by atoms with van der Waals surface area (Å²) in [5.74, 6) is 1.49. The number of fused-ring (bicyclic) bond motifs is 4. The highest BCUT2D eigenvalue weighted by Crippen LogP contribution is 2.53. The van der Waals surface area contributed by atoms with E-state index in [2.05, 4.69) is 108 Å². The Labute approximate surface area is 726 Å². The molecule has 1 aliphatic heterocycles. The molecule has 4 fully saturated rings. The Morgan fingerprint density at radius 2 is 0.915 bits per heavy atom. The van der Waals surface area contributed by atoms with E-state index in [1.54, 1.807) is 167 Å². The number of nitrogens with one attached hydrogen (secondary N) is 2. The lowest BCUT2D eigenvalue weighted by Crippen LogP contribution is -2.70. The first-order valence-corrected chi connectivity index (χ1v) is 40.4. The van der Waals surface area contributed by atoms with Gasteiger partial charge in [0.1, 0.15) is 46.3 Å². The molecule has 17 aromatic rings. The Balaban J connectivity index is 0.000000116. The summed E-state index contributed by atoms with van der Waals surface area (Å²) in [5.41, 5.74) is 36.1. The van der Waals surface area contributed by atoms with Crippen molar-refractivity contribution < 1.29 is 22.8 Å². The van der Waals surface area contributed by atoms with E-state index >= 15 is 0 Å². The van der Waals surface area contributed by atoms with E-state index in [0.29, 0.717) is 134 Å². The number of aromatic nitrogens is 29. The summed E-state index contributed by atoms with van der Waals surface area (Å²) in [5, 5.41) is 123. The number of nitriles is 6. The molecule has 0 spiro atoms. The molecular formula is C83H77F3N40O3. The zero-order valence-electron chi connectivity index (χ0n) is 69.3. The first kappa shape index (κ1) is 82.9. The van der Waals surface area contributed by atoms with Crippen LogP contribution in [-0.4, -0.2) is 178 Å². The average Bonchev–Trinajstić information content (AvgIpc) is 1.63. The number of alkyl halides is 3. The molecule has 0 amide bonds. The van der Waals surface area contributed by atoms with Crippen molar-refractivity contribution in [2.45, 2.75) is 118 Å². The molecule has 17 aromatic heterocycles. The predicted octanol–water partition coefficient (Wildman–Crippen LogP) is 8.21. The van der Waals surface area contributed by atoms with Crippen LogP contribution in [0.3, 0.4) is 0 Å². The molecule has 3 aliphatic carbocycles. The molecule has 0 unspecified atom stereocenters. The number of hydrogen-bond acceptors (Lipinski definition) is 30. The highest BCUT2D eigenvalue weighted by Gasteiger charge is 2.56. The van der Waals surface area contributed by atoms with Crippen molar-refractivity contribution in [3.8, 4) is 127 Å². The van der Waals surface area contributed by atoms with Gasteiger partial charge in [-0.05, 0) is 75.8 Å². The first-order chi connectivity index (χ1) is 62.2. The molecule has 0 bridgehead atoms. The second kappa shape index (κ2) is 32.3. The normalized spacial score (nSPS) is 20.4. The van der Waals surface area contributed by atoms with Crippen LogP contribution >= 0.6 is 0 Å². The van der Waals surface area contributed by atoms with Crippen molar-refractivity contribution in [3.63, 3.8) is 0 Å². The predicted molar refractivity (Wildman–Crippen MR) is 452 cm³/mol. The lowest BCUT2D eigenvalue weighted by Gasteiger charge is -2.55. The third kappa shape index (κ3) is 15.0. The van der Waals surface area contributed by atoms with Gasteiger partial charge in [-0.2, -0.15) is 101 Å². The number of likely N-dealkylation sites (tertiary alicyclic amines) is 1. The van der Waals surface area contributed by atoms with E-state index in [-0.39, 0.29) is 67.3 Å². The number of halogens is 3. The number of aliphatic hydroxyl groups excluding tert-OH is 1. The van der Waals surface area contributed by atoms with Crippen molar-refractivity contribution in [3.05, 3.63) is 170 Å². The quantitative estimate of drug-likeness (QED) is 0.0401. The summed E-state index contributed by atoms with van der Waals surface area (Å²) >= 11 is 0. The summed E-state index contributed by atoms with van der Waals surface area (Å²) in [6.07, 6.45) is 31.7. The van der Waals surface area contributed by atoms with Gasteiger partial charge < -0.3 is 32.6 Å². The molecule has 1 saturated heterocycles. The Bertz CT molecular complexity index is 7470. The summed E-state index contributed by atoms with van der Waals surface area (Å²) in [6, 6.07) is 23.7. The number of nitrogens with two attached hydrogens (primary N) is 4. The minimum absolute atomic E-state index is 0.00562. The number of nitrogens with zero attached hydrogens (tertiary/aromatic N) is 34. The zero-order valence-corrected chi connectivity index (χ0v) is 69.3. The molecule has 2 atom stereocenters. The average molecular weight is 1740 g/mol. The van der Waals surface area contributed by atoms with Crippen LogP contribution in [0.15, 0.2) is 157 Å². The third-order valence-electron chi connectivity index (χ3n) is 24.4. The molecule has 46 heteroatoms. The Kier molecular flexibility index (Phi) is 20.8. The second-order valence-corrected chi connectivity index (χ2v) is 32.7. The van der Waals surface area contributed by atoms with Crippen molar-refractivity contribution in [1.82, 2.24) is 147 Å². The molecule has 43 nitrogen and oxygen atoms in total. The summed E-state index contributed by atoms with van der Waals surface area (Å²) < 4.78 is 62.4. The van der Waals surface area contributed by atoms with Gasteiger partial charge in [0.15, 0.2) is 29.0 Å². The SMILES string of the molecule is C[C@H]1N(CC(F)(F)F)C[C@]1(CC#N)n1cc(-c2nc(-c3cnn(C)c3)cn3nccc23)c(N)n1.Cn1cc(-c2cn3nccc3c(-c3cn(C4(CC#N)CC(C#N)C4)nc3N)n2)c(=O)[nH]1.Cn1cc(-c2cn3nccc3c(-c3cn(C4(CC#N)CC(c5ccn[nH]5)C4)nc3N)n2)cn1.N#CCC1(n2cc(-c3nc(-c4cc(CO)on4)cn4nccc34)c(N)n2)CC(C#N)C1. The molecule has 4 aliphatic rings. The summed E-state index contributed by atoms with van der Waals surface area (Å²) in [7, 11) is 5.39. The number of aryl methyl sites for hydroxylation is 3. The minimum atomic E-state index is -4.33. The zero-order chi connectivity index (χ0) is 90.2. The summed E-state index contributed by atoms with van der Waals surface area (Å²) in [6.45, 7) is 0.387. The number of hydrogen-bond donors (Lipinski definition) is 7. The largest absolute Gasteiger partial charge is 0.401 e. The van der Waals surface area contributed by atoms with Crippen LogP contribution in [0.4, 0.5) is 36.4 Å². The van der Waals surface area contributed by atoms with Gasteiger partial charge in [-0.15, -0.1) is 0 Å². The van der Waals surface area contributed by atoms with Crippen molar-refractivity contribution in [2.24, 2.45) is 33.0 Å². The maximum Gasteiger partial charge on any atom is 0.401 e. The van der Waals surface area contributed by atoms with E-state index in [1.807, 2.05) is 54.7 Å². The number of anilines is 4. The number of nitrogen functional groups attached to an aromatic ring is 4. The highest BCUT2D eigenvalue weighted by molar-refractivity contribution is 5.87. The lowest BCUT2D eigenvalue weighted by molar-refractivity contribution is -0.183. The molecule has 0 aromatic carbocycles. The number of H-pyrrole nitrogens is 2. The number of aromatic amines is 2. The minimum Gasteiger partial charge on any atom is -0.388 e. The van der Waals surface area contributed by atoms with E-state index in [4.69, 9.17) is 47.4 Å². The van der Waals surface area contributed by atoms with Crippen molar-refractivity contribution in [1.29, 1.82) is 31.6 Å². The molecule has 0 radical (unpaired) electrons. The molecule has 21 rings (SSSR count). The van der Waals surface area contributed by atoms with Crippen LogP contribution in [0.1, 0.15) is 88.5 Å². The Morgan fingerprint density at radius 1 is 0.504 bits per heavy atom. The van der Waals surface area contributed by atoms with Gasteiger partial charge in [0, 0.05) is 112 Å². The standard InChI is InChI=1S/C22H21N11.C21H21F3N10.C20H18N10O.C20H17N9O2/c1-31-11-15(10-27-31)18-13-32-19(3-7-26-32)20(28-18)16-12-33(30-21(16)24)22(4-5-23)8-14(9-22)17-2-6-25-29-17;1-13-20(4-5-25,11-32(13)12-21(22,23)24)34-9-15(19(26)30-34)18-17-3-6-27-33(17)10-16(29-18)14-7-28-31(2)8-14;1-28-9-13(19(31)27-28)15-11-29-16(2-5-24-29)17(25-15)14-10-30(26-18(14)23)20(3-4-21)6-12(7-20)8-22;21-3-2-20(6-12(7-20)8-22)29-9-14(19(23)26-29)18-17-1-4-24-28(17)10-16(25-18)15-5-13(11-30)31-27-15/h2-3,6-7,10-14H,4,8-9H2,1H3,(H2,24,30)(H,25,29);3,6-10,13H,4,11-12H2,1-2H3,(H2,26,30);2,5,9-12H,3,6-7H2,1H3,(H2,23,26)(H,27,31);1,4-5,9-10,12,30H,2,6-7,11H2,(H2,23,26)/t;13-,20+;;/m.1../s1. The topological polar surface area (TPSA) is 590 Å². The van der Waals surface area contributed by atoms with Gasteiger partial charge in [0.25, 0.3) is 5.56 Å². The third-order valence-corrected chi connectivity index (χ3v) is 24.4. The van der Waals surface area contributed by atoms with Crippen LogP contribution in [0.25, 0.3) is 112 Å². The smallest absolute Gasteiger partial charge is 0.388 e. The van der Waals surface area contributed by atoms with E-state index < -0.39 is 40.9 Å². The van der Waals surface area contributed by atoms with Crippen LogP contribution in [-0.2, 0) is 49.9 Å². The molecule has 3 saturated carbocycles. The first-order valence-electron chi connectivity index (χ1n) is 40.4. The Morgan fingerprint density at radius 3 is 1.29 bits per heavy atom. The summed E-state index contributed by atoms with van der Waals surface area (Å²) in [4.78, 5) is 32.7. The monoisotopic (exact) mass is 1740 g/mol. The van der Waals surface area contributed by atoms with Crippen molar-refractivity contribution in [2.75, 3.05) is 36.0 Å². The van der Waals surface area contributed by atoms with Crippen molar-refractivity contribution >= 4 is 45.3 Å². The van der Waals surface area contributed by atoms with Gasteiger partial charge >= 0.3 is 6.18 Å². The van der Waals surface area contributed by atoms with Crippen LogP contribution in [0.5, 0.6) is 0 Å². The van der Waals surface area contributed by atoms with Gasteiger partial charge in [-0.25, -0.2) is 38.0 Å². The fraction of sp³-hybridized carbons (Fsp3) is 0.313. The van der Waals surface area contributed by atoms with Gasteiger partial charge in [-0.1, -0.05) is 5.16 Å². The lowest BCUT2D eigenvalue weighted by atomic mass is 9.65. The molecular weight excluding hydrogens is 1660 g/mol. The van der Waals surface area contributed by atoms with Gasteiger partial charge in [0.2, 0.25) is 0 Å². The number of aliphatic hydroxyl groups is 1. The van der Waals surface area contributed by atoms with E-state index in [9.17, 15) is 54.6 Å². The highest BCUT2D eigenvalue weighted by atomic mass is 19.4. The number of rotatable bonds is 19. The molecule has 129 heavy (non-hydrogen) atoms. The van der Waals surface area contributed by atoms with Crippen LogP contribution in [0.2, 0.25) is 0 Å². The van der Waals surface area contributed by atoms with Gasteiger partial charge in [-0.3, -0.25) is 52.7 Å². The van der Waals surface area contributed by atoms with E-state index in [1.165, 1.54) is 9.58 Å². The second-order valence-electron chi connectivity index (χ2n) is 32.7. The molecule has 18 heterocycles. The van der Waals surface area contributed by atoms with E-state index in [0.717, 1.165) is 46.4 Å². The fourth-order valence-electron chi connectivity index (χ4n) is 17.7. The molecule has 11 N–H and O–H groups in total. The Hall–Kier alpha value is -17.0. The fourth-order valence-corrected chi connectivity index (χ4v) is 17.7. The maximum atomic E-state index is 13.0. The van der Waals surface area contributed by atoms with Crippen LogP contribution < -0.4 is 28.5 Å². The van der Waals surface area contributed by atoms with Crippen LogP contribution in [0, 0.1) is 79.8 Å². The maximum absolute atomic E-state index is 13.0. The van der Waals surface area contributed by atoms with Gasteiger partial charge in [0.05, 0.1) is 226 Å².